The van der Waals surface area contributed by atoms with Gasteiger partial charge in [-0.1, -0.05) is 24.3 Å². The molecule has 0 aliphatic heterocycles. The minimum absolute atomic E-state index is 0.145. The van der Waals surface area contributed by atoms with Crippen LogP contribution in [0, 0.1) is 0 Å². The van der Waals surface area contributed by atoms with Gasteiger partial charge in [0.2, 0.25) is 0 Å². The fourth-order valence-electron chi connectivity index (χ4n) is 2.00. The van der Waals surface area contributed by atoms with Crippen LogP contribution in [0.15, 0.2) is 30.5 Å². The van der Waals surface area contributed by atoms with Crippen LogP contribution >= 0.6 is 0 Å². The average molecular weight is 274 g/mol. The number of hydrazine groups is 1. The number of nitrogens with zero attached hydrogens (tertiary/aromatic N) is 1. The maximum absolute atomic E-state index is 12.2. The van der Waals surface area contributed by atoms with Crippen LogP contribution in [0.5, 0.6) is 0 Å². The van der Waals surface area contributed by atoms with E-state index in [0.717, 1.165) is 17.2 Å². The van der Waals surface area contributed by atoms with E-state index in [1.807, 2.05) is 24.3 Å². The zero-order valence-corrected chi connectivity index (χ0v) is 11.3. The Hall–Kier alpha value is -2.18. The number of pyridine rings is 1. The lowest BCUT2D eigenvalue weighted by Gasteiger charge is -2.10. The molecule has 1 heterocycles. The highest BCUT2D eigenvalue weighted by atomic mass is 16.5. The number of hydrogen-bond donors (Lipinski definition) is 3. The van der Waals surface area contributed by atoms with Crippen molar-refractivity contribution in [3.8, 4) is 0 Å². The van der Waals surface area contributed by atoms with E-state index in [1.54, 1.807) is 7.11 Å². The lowest BCUT2D eigenvalue weighted by molar-refractivity contribution is 0.0950. The standard InChI is InChI=1S/C14H18N4O2/c1-20-8-4-7-16-14(19)12-9-17-13(18-15)11-6-3-2-5-10(11)12/h2-3,5-6,9H,4,7-8,15H2,1H3,(H,16,19)(H,17,18). The van der Waals surface area contributed by atoms with Gasteiger partial charge in [0.15, 0.2) is 0 Å². The summed E-state index contributed by atoms with van der Waals surface area (Å²) in [6.07, 6.45) is 2.30. The van der Waals surface area contributed by atoms with Gasteiger partial charge in [-0.25, -0.2) is 10.8 Å². The highest BCUT2D eigenvalue weighted by Gasteiger charge is 2.12. The molecule has 0 aliphatic carbocycles. The van der Waals surface area contributed by atoms with Gasteiger partial charge in [0.05, 0.1) is 5.56 Å². The number of nitrogen functional groups attached to an aromatic ring is 1. The van der Waals surface area contributed by atoms with Crippen molar-refractivity contribution < 1.29 is 9.53 Å². The fraction of sp³-hybridized carbons (Fsp3) is 0.286. The summed E-state index contributed by atoms with van der Waals surface area (Å²) in [6.45, 7) is 1.19. The molecule has 4 N–H and O–H groups in total. The number of nitrogens with two attached hydrogens (primary N) is 1. The number of hydrogen-bond acceptors (Lipinski definition) is 5. The summed E-state index contributed by atoms with van der Waals surface area (Å²) in [7, 11) is 1.64. The van der Waals surface area contributed by atoms with E-state index in [9.17, 15) is 4.79 Å². The molecule has 106 valence electrons. The van der Waals surface area contributed by atoms with Crippen molar-refractivity contribution in [1.82, 2.24) is 10.3 Å². The Morgan fingerprint density at radius 1 is 1.35 bits per heavy atom. The van der Waals surface area contributed by atoms with Crippen molar-refractivity contribution in [3.05, 3.63) is 36.0 Å². The molecule has 0 radical (unpaired) electrons. The minimum atomic E-state index is -0.145. The summed E-state index contributed by atoms with van der Waals surface area (Å²) in [4.78, 5) is 16.3. The first-order chi connectivity index (χ1) is 9.77. The quantitative estimate of drug-likeness (QED) is 0.419. The van der Waals surface area contributed by atoms with Crippen LogP contribution in [0.25, 0.3) is 10.8 Å². The number of fused-ring (bicyclic) bond motifs is 1. The lowest BCUT2D eigenvalue weighted by Crippen LogP contribution is -2.25. The third-order valence-electron chi connectivity index (χ3n) is 2.99. The highest BCUT2D eigenvalue weighted by molar-refractivity contribution is 6.09. The van der Waals surface area contributed by atoms with Gasteiger partial charge in [-0.2, -0.15) is 0 Å². The van der Waals surface area contributed by atoms with Gasteiger partial charge in [-0.3, -0.25) is 4.79 Å². The molecule has 0 aliphatic rings. The molecular formula is C14H18N4O2. The summed E-state index contributed by atoms with van der Waals surface area (Å²) >= 11 is 0. The molecule has 0 bridgehead atoms. The number of rotatable bonds is 6. The van der Waals surface area contributed by atoms with Crippen molar-refractivity contribution in [3.63, 3.8) is 0 Å². The van der Waals surface area contributed by atoms with Crippen molar-refractivity contribution in [2.75, 3.05) is 25.7 Å². The first-order valence-corrected chi connectivity index (χ1v) is 6.39. The summed E-state index contributed by atoms with van der Waals surface area (Å²) in [6, 6.07) is 7.51. The largest absolute Gasteiger partial charge is 0.385 e. The molecule has 1 aromatic carbocycles. The van der Waals surface area contributed by atoms with Crippen molar-refractivity contribution in [1.29, 1.82) is 0 Å². The van der Waals surface area contributed by atoms with Crippen molar-refractivity contribution in [2.24, 2.45) is 5.84 Å². The molecule has 6 nitrogen and oxygen atoms in total. The van der Waals surface area contributed by atoms with Crippen LogP contribution in [0.4, 0.5) is 5.82 Å². The number of anilines is 1. The maximum atomic E-state index is 12.2. The SMILES string of the molecule is COCCCNC(=O)c1cnc(NN)c2ccccc12. The predicted octanol–water partition coefficient (Wildman–Crippen LogP) is 1.29. The van der Waals surface area contributed by atoms with Gasteiger partial charge >= 0.3 is 0 Å². The molecule has 0 saturated carbocycles. The van der Waals surface area contributed by atoms with Gasteiger partial charge in [-0.15, -0.1) is 0 Å². The molecule has 6 heteroatoms. The van der Waals surface area contributed by atoms with E-state index in [0.29, 0.717) is 24.5 Å². The first kappa shape index (κ1) is 14.2. The zero-order chi connectivity index (χ0) is 14.4. The number of amides is 1. The molecule has 0 unspecified atom stereocenters. The lowest BCUT2D eigenvalue weighted by atomic mass is 10.1. The van der Waals surface area contributed by atoms with Crippen LogP contribution in [0.2, 0.25) is 0 Å². The predicted molar refractivity (Wildman–Crippen MR) is 78.4 cm³/mol. The summed E-state index contributed by atoms with van der Waals surface area (Å²) in [5.41, 5.74) is 3.08. The van der Waals surface area contributed by atoms with E-state index in [2.05, 4.69) is 15.7 Å². The van der Waals surface area contributed by atoms with Crippen LogP contribution < -0.4 is 16.6 Å². The Kier molecular flexibility index (Phi) is 4.86. The topological polar surface area (TPSA) is 89.3 Å². The van der Waals surface area contributed by atoms with E-state index >= 15 is 0 Å². The number of carbonyl (C=O) groups is 1. The summed E-state index contributed by atoms with van der Waals surface area (Å²) in [5.74, 6) is 5.84. The first-order valence-electron chi connectivity index (χ1n) is 6.39. The Morgan fingerprint density at radius 3 is 2.80 bits per heavy atom. The van der Waals surface area contributed by atoms with Crippen molar-refractivity contribution >= 4 is 22.5 Å². The second kappa shape index (κ2) is 6.83. The molecule has 2 rings (SSSR count). The van der Waals surface area contributed by atoms with E-state index < -0.39 is 0 Å². The number of carbonyl (C=O) groups excluding carboxylic acids is 1. The number of benzene rings is 1. The molecule has 0 spiro atoms. The number of nitrogens with one attached hydrogen (secondary N) is 2. The van der Waals surface area contributed by atoms with Crippen molar-refractivity contribution in [2.45, 2.75) is 6.42 Å². The molecule has 1 aromatic heterocycles. The monoisotopic (exact) mass is 274 g/mol. The maximum Gasteiger partial charge on any atom is 0.253 e. The van der Waals surface area contributed by atoms with Crippen LogP contribution in [-0.4, -0.2) is 31.2 Å². The minimum Gasteiger partial charge on any atom is -0.385 e. The number of ether oxygens (including phenoxy) is 1. The summed E-state index contributed by atoms with van der Waals surface area (Å²) in [5, 5.41) is 4.49. The highest BCUT2D eigenvalue weighted by Crippen LogP contribution is 2.23. The van der Waals surface area contributed by atoms with Crippen LogP contribution in [-0.2, 0) is 4.74 Å². The average Bonchev–Trinajstić information content (AvgIpc) is 2.50. The molecule has 0 saturated heterocycles. The number of methoxy groups -OCH3 is 1. The second-order valence-corrected chi connectivity index (χ2v) is 4.31. The molecule has 20 heavy (non-hydrogen) atoms. The van der Waals surface area contributed by atoms with Crippen LogP contribution in [0.3, 0.4) is 0 Å². The van der Waals surface area contributed by atoms with Gasteiger partial charge in [0.1, 0.15) is 5.82 Å². The molecular weight excluding hydrogens is 256 g/mol. The molecule has 0 fully saturated rings. The third-order valence-corrected chi connectivity index (χ3v) is 2.99. The third kappa shape index (κ3) is 3.04. The van der Waals surface area contributed by atoms with Gasteiger partial charge in [0.25, 0.3) is 5.91 Å². The number of aromatic nitrogens is 1. The normalized spacial score (nSPS) is 10.5. The Morgan fingerprint density at radius 2 is 2.10 bits per heavy atom. The Balaban J connectivity index is 2.24. The summed E-state index contributed by atoms with van der Waals surface area (Å²) < 4.78 is 4.94. The van der Waals surface area contributed by atoms with E-state index in [1.165, 1.54) is 6.20 Å². The van der Waals surface area contributed by atoms with E-state index in [-0.39, 0.29) is 5.91 Å². The Labute approximate surface area is 117 Å². The molecule has 1 amide bonds. The van der Waals surface area contributed by atoms with Crippen LogP contribution in [0.1, 0.15) is 16.8 Å². The van der Waals surface area contributed by atoms with E-state index in [4.69, 9.17) is 10.6 Å². The fourth-order valence-corrected chi connectivity index (χ4v) is 2.00. The van der Waals surface area contributed by atoms with Gasteiger partial charge < -0.3 is 15.5 Å². The smallest absolute Gasteiger partial charge is 0.253 e. The Bertz CT molecular complexity index is 601. The van der Waals surface area contributed by atoms with Gasteiger partial charge in [0, 0.05) is 31.8 Å². The molecule has 0 atom stereocenters. The molecule has 2 aromatic rings. The van der Waals surface area contributed by atoms with Gasteiger partial charge in [-0.05, 0) is 11.8 Å². The second-order valence-electron chi connectivity index (χ2n) is 4.31. The zero-order valence-electron chi connectivity index (χ0n) is 11.3.